The molecule has 0 bridgehead atoms. The van der Waals surface area contributed by atoms with Crippen LogP contribution in [-0.2, 0) is 9.53 Å². The van der Waals surface area contributed by atoms with Crippen LogP contribution in [0, 0.1) is 6.92 Å². The Hall–Kier alpha value is -2.65. The van der Waals surface area contributed by atoms with E-state index in [1.165, 1.54) is 0 Å². The molecular formula is C21H25N5O3S. The molecule has 0 N–H and O–H groups in total. The Labute approximate surface area is 179 Å². The number of hydrogen-bond acceptors (Lipinski definition) is 7. The van der Waals surface area contributed by atoms with Crippen LogP contribution >= 0.6 is 11.3 Å². The molecule has 2 fully saturated rings. The summed E-state index contributed by atoms with van der Waals surface area (Å²) in [4.78, 5) is 21.7. The van der Waals surface area contributed by atoms with Crippen molar-refractivity contribution in [2.45, 2.75) is 25.9 Å². The molecule has 0 radical (unpaired) electrons. The third-order valence-corrected chi connectivity index (χ3v) is 6.98. The van der Waals surface area contributed by atoms with E-state index in [0.29, 0.717) is 19.7 Å². The van der Waals surface area contributed by atoms with Crippen molar-refractivity contribution in [2.24, 2.45) is 0 Å². The standard InChI is InChI=1S/C21H25N5O3S/c1-14-18-19(26(23-14)15-5-7-16(28-2)8-6-15)22-21(30-18)25-11-9-24(10-12-25)20(27)17-4-3-13-29-17/h5-8,17H,3-4,9-13H2,1-2H3. The van der Waals surface area contributed by atoms with Crippen LogP contribution in [0.5, 0.6) is 5.75 Å². The van der Waals surface area contributed by atoms with Gasteiger partial charge in [-0.15, -0.1) is 0 Å². The molecule has 0 saturated carbocycles. The lowest BCUT2D eigenvalue weighted by Crippen LogP contribution is -2.51. The minimum absolute atomic E-state index is 0.141. The van der Waals surface area contributed by atoms with Crippen LogP contribution in [0.4, 0.5) is 5.13 Å². The molecule has 1 amide bonds. The molecule has 2 aromatic heterocycles. The molecule has 1 unspecified atom stereocenters. The second kappa shape index (κ2) is 7.88. The average molecular weight is 428 g/mol. The number of aromatic nitrogens is 3. The van der Waals surface area contributed by atoms with Crippen molar-refractivity contribution in [2.75, 3.05) is 44.8 Å². The number of piperazine rings is 1. The average Bonchev–Trinajstić information content (AvgIpc) is 3.52. The van der Waals surface area contributed by atoms with E-state index < -0.39 is 0 Å². The van der Waals surface area contributed by atoms with Crippen LogP contribution in [0.25, 0.3) is 16.0 Å². The number of anilines is 1. The maximum atomic E-state index is 12.6. The van der Waals surface area contributed by atoms with Crippen LogP contribution in [0.1, 0.15) is 18.5 Å². The number of fused-ring (bicyclic) bond motifs is 1. The van der Waals surface area contributed by atoms with Crippen LogP contribution in [0.2, 0.25) is 0 Å². The maximum Gasteiger partial charge on any atom is 0.251 e. The Bertz CT molecular complexity index is 1050. The summed E-state index contributed by atoms with van der Waals surface area (Å²) >= 11 is 1.67. The Kier molecular flexibility index (Phi) is 5.08. The second-order valence-electron chi connectivity index (χ2n) is 7.66. The molecule has 2 aliphatic rings. The van der Waals surface area contributed by atoms with Crippen molar-refractivity contribution >= 4 is 32.7 Å². The highest BCUT2D eigenvalue weighted by Crippen LogP contribution is 2.33. The van der Waals surface area contributed by atoms with Crippen molar-refractivity contribution in [3.05, 3.63) is 30.0 Å². The van der Waals surface area contributed by atoms with Crippen molar-refractivity contribution in [3.63, 3.8) is 0 Å². The van der Waals surface area contributed by atoms with E-state index in [4.69, 9.17) is 14.5 Å². The fourth-order valence-corrected chi connectivity index (χ4v) is 5.09. The van der Waals surface area contributed by atoms with Crippen LogP contribution in [-0.4, -0.2) is 71.6 Å². The number of carbonyl (C=O) groups is 1. The first-order valence-electron chi connectivity index (χ1n) is 10.3. The SMILES string of the molecule is COc1ccc(-n2nc(C)c3sc(N4CCN(C(=O)C5CCCO5)CC4)nc32)cc1. The van der Waals surface area contributed by atoms with E-state index in [1.54, 1.807) is 18.4 Å². The smallest absolute Gasteiger partial charge is 0.251 e. The highest BCUT2D eigenvalue weighted by atomic mass is 32.1. The molecule has 3 aromatic rings. The zero-order valence-corrected chi connectivity index (χ0v) is 18.0. The molecule has 9 heteroatoms. The van der Waals surface area contributed by atoms with Crippen molar-refractivity contribution in [3.8, 4) is 11.4 Å². The Morgan fingerprint density at radius 1 is 1.20 bits per heavy atom. The highest BCUT2D eigenvalue weighted by molar-refractivity contribution is 7.22. The van der Waals surface area contributed by atoms with Gasteiger partial charge in [0, 0.05) is 32.8 Å². The van der Waals surface area contributed by atoms with Gasteiger partial charge in [-0.3, -0.25) is 4.79 Å². The second-order valence-corrected chi connectivity index (χ2v) is 8.64. The molecule has 0 spiro atoms. The van der Waals surface area contributed by atoms with E-state index >= 15 is 0 Å². The normalized spacial score (nSPS) is 19.6. The molecule has 2 saturated heterocycles. The number of carbonyl (C=O) groups excluding carboxylic acids is 1. The van der Waals surface area contributed by atoms with Crippen LogP contribution in [0.15, 0.2) is 24.3 Å². The highest BCUT2D eigenvalue weighted by Gasteiger charge is 2.31. The lowest BCUT2D eigenvalue weighted by atomic mass is 10.2. The lowest BCUT2D eigenvalue weighted by molar-refractivity contribution is -0.141. The van der Waals surface area contributed by atoms with Gasteiger partial charge < -0.3 is 19.3 Å². The fraction of sp³-hybridized carbons (Fsp3) is 0.476. The van der Waals surface area contributed by atoms with Gasteiger partial charge in [-0.05, 0) is 44.0 Å². The zero-order valence-electron chi connectivity index (χ0n) is 17.2. The van der Waals surface area contributed by atoms with Gasteiger partial charge >= 0.3 is 0 Å². The first kappa shape index (κ1) is 19.3. The predicted molar refractivity (Wildman–Crippen MR) is 116 cm³/mol. The van der Waals surface area contributed by atoms with Gasteiger partial charge in [0.15, 0.2) is 10.8 Å². The molecule has 0 aliphatic carbocycles. The summed E-state index contributed by atoms with van der Waals surface area (Å²) in [5.41, 5.74) is 2.80. The number of methoxy groups -OCH3 is 1. The first-order chi connectivity index (χ1) is 14.6. The van der Waals surface area contributed by atoms with E-state index in [-0.39, 0.29) is 12.0 Å². The summed E-state index contributed by atoms with van der Waals surface area (Å²) in [7, 11) is 1.66. The third kappa shape index (κ3) is 3.41. The van der Waals surface area contributed by atoms with E-state index in [9.17, 15) is 4.79 Å². The predicted octanol–water partition coefficient (Wildman–Crippen LogP) is 2.63. The minimum Gasteiger partial charge on any atom is -0.497 e. The Morgan fingerprint density at radius 2 is 1.97 bits per heavy atom. The Balaban J connectivity index is 1.34. The van der Waals surface area contributed by atoms with E-state index in [0.717, 1.165) is 58.5 Å². The minimum atomic E-state index is -0.239. The van der Waals surface area contributed by atoms with E-state index in [1.807, 2.05) is 40.8 Å². The largest absolute Gasteiger partial charge is 0.497 e. The molecule has 4 heterocycles. The van der Waals surface area contributed by atoms with Crippen molar-refractivity contribution < 1.29 is 14.3 Å². The number of benzene rings is 1. The van der Waals surface area contributed by atoms with Gasteiger partial charge in [0.25, 0.3) is 5.91 Å². The molecule has 5 rings (SSSR count). The zero-order chi connectivity index (χ0) is 20.7. The number of ether oxygens (including phenoxy) is 2. The number of hydrogen-bond donors (Lipinski definition) is 0. The monoisotopic (exact) mass is 427 g/mol. The molecule has 158 valence electrons. The number of amides is 1. The number of thiazole rings is 1. The van der Waals surface area contributed by atoms with Gasteiger partial charge in [-0.2, -0.15) is 10.1 Å². The summed E-state index contributed by atoms with van der Waals surface area (Å²) in [6, 6.07) is 7.82. The maximum absolute atomic E-state index is 12.6. The number of rotatable bonds is 4. The topological polar surface area (TPSA) is 72.7 Å². The summed E-state index contributed by atoms with van der Waals surface area (Å²) in [5.74, 6) is 0.954. The molecular weight excluding hydrogens is 402 g/mol. The summed E-state index contributed by atoms with van der Waals surface area (Å²) in [5, 5.41) is 5.66. The molecule has 30 heavy (non-hydrogen) atoms. The van der Waals surface area contributed by atoms with Crippen LogP contribution < -0.4 is 9.64 Å². The number of nitrogens with zero attached hydrogens (tertiary/aromatic N) is 5. The van der Waals surface area contributed by atoms with Gasteiger partial charge in [-0.25, -0.2) is 4.68 Å². The third-order valence-electron chi connectivity index (χ3n) is 5.76. The fourth-order valence-electron chi connectivity index (χ4n) is 4.06. The molecule has 8 nitrogen and oxygen atoms in total. The van der Waals surface area contributed by atoms with Crippen LogP contribution in [0.3, 0.4) is 0 Å². The van der Waals surface area contributed by atoms with Gasteiger partial charge in [0.2, 0.25) is 0 Å². The summed E-state index contributed by atoms with van der Waals surface area (Å²) in [6.45, 7) is 5.69. The molecule has 1 atom stereocenters. The number of aryl methyl sites for hydroxylation is 1. The Morgan fingerprint density at radius 3 is 2.63 bits per heavy atom. The quantitative estimate of drug-likeness (QED) is 0.637. The summed E-state index contributed by atoms with van der Waals surface area (Å²) < 4.78 is 13.8. The van der Waals surface area contributed by atoms with Gasteiger partial charge in [-0.1, -0.05) is 11.3 Å². The van der Waals surface area contributed by atoms with Gasteiger partial charge in [0.1, 0.15) is 11.9 Å². The molecule has 2 aliphatic heterocycles. The van der Waals surface area contributed by atoms with Gasteiger partial charge in [0.05, 0.1) is 23.2 Å². The first-order valence-corrected chi connectivity index (χ1v) is 11.1. The van der Waals surface area contributed by atoms with Crippen molar-refractivity contribution in [1.29, 1.82) is 0 Å². The van der Waals surface area contributed by atoms with E-state index in [2.05, 4.69) is 10.00 Å². The molecule has 1 aromatic carbocycles. The van der Waals surface area contributed by atoms with Crippen molar-refractivity contribution in [1.82, 2.24) is 19.7 Å². The lowest BCUT2D eigenvalue weighted by Gasteiger charge is -2.35. The summed E-state index contributed by atoms with van der Waals surface area (Å²) in [6.07, 6.45) is 1.59.